The van der Waals surface area contributed by atoms with Crippen LogP contribution < -0.4 is 16.0 Å². The van der Waals surface area contributed by atoms with Crippen LogP contribution in [0.3, 0.4) is 0 Å². The van der Waals surface area contributed by atoms with Gasteiger partial charge in [0.2, 0.25) is 5.91 Å². The number of benzene rings is 3. The topological polar surface area (TPSA) is 123 Å². The van der Waals surface area contributed by atoms with E-state index in [9.17, 15) is 19.2 Å². The number of alkyl carbamates (subject to hydrolysis) is 1. The van der Waals surface area contributed by atoms with Gasteiger partial charge in [-0.25, -0.2) is 4.79 Å². The zero-order chi connectivity index (χ0) is 28.7. The smallest absolute Gasteiger partial charge is 0.407 e. The van der Waals surface area contributed by atoms with E-state index >= 15 is 8.78 Å². The molecule has 0 aromatic heterocycles. The number of amides is 3. The fourth-order valence-electron chi connectivity index (χ4n) is 4.52. The summed E-state index contributed by atoms with van der Waals surface area (Å²) in [7, 11) is 1.04. The normalized spacial score (nSPS) is 12.9. The van der Waals surface area contributed by atoms with Crippen LogP contribution >= 0.6 is 0 Å². The van der Waals surface area contributed by atoms with Gasteiger partial charge in [0.25, 0.3) is 5.91 Å². The second kappa shape index (κ2) is 12.4. The first kappa shape index (κ1) is 28.2. The largest absolute Gasteiger partial charge is 0.468 e. The highest BCUT2D eigenvalue weighted by Crippen LogP contribution is 2.44. The second-order valence-corrected chi connectivity index (χ2v) is 8.97. The van der Waals surface area contributed by atoms with Crippen molar-refractivity contribution in [2.75, 3.05) is 26.8 Å². The lowest BCUT2D eigenvalue weighted by atomic mass is 9.98. The van der Waals surface area contributed by atoms with E-state index in [4.69, 9.17) is 4.74 Å². The van der Waals surface area contributed by atoms with Crippen LogP contribution in [0, 0.1) is 0 Å². The van der Waals surface area contributed by atoms with Crippen LogP contribution in [-0.2, 0) is 23.9 Å². The summed E-state index contributed by atoms with van der Waals surface area (Å²) in [5.74, 6) is -8.03. The summed E-state index contributed by atoms with van der Waals surface area (Å²) < 4.78 is 40.0. The van der Waals surface area contributed by atoms with Gasteiger partial charge in [0.15, 0.2) is 0 Å². The Balaban J connectivity index is 1.36. The van der Waals surface area contributed by atoms with Crippen molar-refractivity contribution in [3.63, 3.8) is 0 Å². The van der Waals surface area contributed by atoms with E-state index in [0.717, 1.165) is 29.4 Å². The number of nitrogens with one attached hydrogen (secondary N) is 3. The van der Waals surface area contributed by atoms with E-state index in [0.29, 0.717) is 0 Å². The molecule has 0 saturated heterocycles. The predicted octanol–water partition coefficient (Wildman–Crippen LogP) is 3.31. The lowest BCUT2D eigenvalue weighted by Crippen LogP contribution is -2.52. The average Bonchev–Trinajstić information content (AvgIpc) is 3.30. The summed E-state index contributed by atoms with van der Waals surface area (Å²) in [5, 5.41) is 6.16. The molecule has 1 aliphatic rings. The van der Waals surface area contributed by atoms with Gasteiger partial charge in [-0.2, -0.15) is 8.78 Å². The Morgan fingerprint density at radius 1 is 0.825 bits per heavy atom. The first-order valence-electron chi connectivity index (χ1n) is 12.4. The Kier molecular flexibility index (Phi) is 8.73. The van der Waals surface area contributed by atoms with Crippen molar-refractivity contribution >= 4 is 23.9 Å². The molecule has 3 aromatic carbocycles. The molecule has 1 atom stereocenters. The fourth-order valence-corrected chi connectivity index (χ4v) is 4.52. The van der Waals surface area contributed by atoms with E-state index in [2.05, 4.69) is 15.4 Å². The number of alkyl halides is 2. The third-order valence-corrected chi connectivity index (χ3v) is 6.46. The van der Waals surface area contributed by atoms with Crippen molar-refractivity contribution in [3.8, 4) is 11.1 Å². The molecule has 11 heteroatoms. The van der Waals surface area contributed by atoms with Gasteiger partial charge in [-0.3, -0.25) is 14.4 Å². The van der Waals surface area contributed by atoms with Gasteiger partial charge in [-0.15, -0.1) is 0 Å². The van der Waals surface area contributed by atoms with E-state index in [-0.39, 0.29) is 18.1 Å². The molecular formula is C29H27F2N3O6. The van der Waals surface area contributed by atoms with Crippen LogP contribution in [0.2, 0.25) is 0 Å². The zero-order valence-corrected chi connectivity index (χ0v) is 21.5. The van der Waals surface area contributed by atoms with Crippen LogP contribution in [0.5, 0.6) is 0 Å². The Morgan fingerprint density at radius 3 is 2.00 bits per heavy atom. The summed E-state index contributed by atoms with van der Waals surface area (Å²) in [6, 6.07) is 20.6. The number of carbonyl (C=O) groups excluding carboxylic acids is 4. The van der Waals surface area contributed by atoms with Gasteiger partial charge in [0.05, 0.1) is 7.11 Å². The molecule has 0 bridgehead atoms. The summed E-state index contributed by atoms with van der Waals surface area (Å²) >= 11 is 0. The molecule has 3 N–H and O–H groups in total. The molecule has 1 unspecified atom stereocenters. The number of methoxy groups -OCH3 is 1. The van der Waals surface area contributed by atoms with E-state index in [1.165, 1.54) is 24.3 Å². The molecule has 3 aromatic rings. The average molecular weight is 552 g/mol. The molecule has 4 rings (SSSR count). The van der Waals surface area contributed by atoms with Crippen LogP contribution in [0.1, 0.15) is 28.7 Å². The minimum absolute atomic E-state index is 0.00650. The highest BCUT2D eigenvalue weighted by Gasteiger charge is 2.49. The third kappa shape index (κ3) is 6.25. The van der Waals surface area contributed by atoms with Gasteiger partial charge in [0.1, 0.15) is 25.7 Å². The number of esters is 1. The molecule has 208 valence electrons. The Hall–Kier alpha value is -4.80. The van der Waals surface area contributed by atoms with Crippen molar-refractivity contribution in [2.24, 2.45) is 0 Å². The summed E-state index contributed by atoms with van der Waals surface area (Å²) in [5.41, 5.74) is 4.06. The second-order valence-electron chi connectivity index (χ2n) is 8.97. The maximum absolute atomic E-state index is 15.1. The Bertz CT molecular complexity index is 1350. The molecule has 0 fully saturated rings. The summed E-state index contributed by atoms with van der Waals surface area (Å²) in [4.78, 5) is 48.5. The minimum atomic E-state index is -4.14. The van der Waals surface area contributed by atoms with E-state index < -0.39 is 48.9 Å². The van der Waals surface area contributed by atoms with Gasteiger partial charge >= 0.3 is 18.0 Å². The quantitative estimate of drug-likeness (QED) is 0.333. The molecular weight excluding hydrogens is 524 g/mol. The molecule has 3 amide bonds. The molecule has 40 heavy (non-hydrogen) atoms. The van der Waals surface area contributed by atoms with Crippen LogP contribution in [0.15, 0.2) is 78.9 Å². The van der Waals surface area contributed by atoms with Gasteiger partial charge in [0, 0.05) is 5.92 Å². The highest BCUT2D eigenvalue weighted by atomic mass is 19.3. The van der Waals surface area contributed by atoms with E-state index in [1.807, 2.05) is 48.5 Å². The zero-order valence-electron chi connectivity index (χ0n) is 21.5. The first-order chi connectivity index (χ1) is 19.2. The lowest BCUT2D eigenvalue weighted by Gasteiger charge is -2.27. The van der Waals surface area contributed by atoms with Gasteiger partial charge in [-0.1, -0.05) is 78.9 Å². The van der Waals surface area contributed by atoms with E-state index in [1.54, 1.807) is 11.4 Å². The Labute approximate surface area is 228 Å². The number of carbonyl (C=O) groups is 4. The molecule has 0 aliphatic heterocycles. The minimum Gasteiger partial charge on any atom is -0.468 e. The number of hydrogen-bond acceptors (Lipinski definition) is 6. The van der Waals surface area contributed by atoms with Crippen LogP contribution in [0.25, 0.3) is 11.1 Å². The van der Waals surface area contributed by atoms with Crippen molar-refractivity contribution in [1.29, 1.82) is 0 Å². The Morgan fingerprint density at radius 2 is 1.40 bits per heavy atom. The maximum Gasteiger partial charge on any atom is 0.407 e. The molecule has 0 heterocycles. The maximum atomic E-state index is 15.1. The fraction of sp³-hybridized carbons (Fsp3) is 0.241. The monoisotopic (exact) mass is 551 g/mol. The van der Waals surface area contributed by atoms with Crippen molar-refractivity contribution < 1.29 is 37.4 Å². The number of ether oxygens (including phenoxy) is 2. The van der Waals surface area contributed by atoms with Gasteiger partial charge in [-0.05, 0) is 27.8 Å². The summed E-state index contributed by atoms with van der Waals surface area (Å²) in [6.45, 7) is -1.45. The number of fused-ring (bicyclic) bond motifs is 3. The standard InChI is InChI=1S/C29H27F2N3O6/c1-39-25(36)16-32-27(37)29(30,31)26(18-9-3-2-4-10-18)34-24(35)15-33-28(38)40-17-23-21-13-7-5-11-19(21)20-12-6-8-14-22(20)23/h2-14,23,26H,15-17H2,1H3,(H,32,37)(H,33,38)(H,34,35). The number of halogens is 2. The van der Waals surface area contributed by atoms with Gasteiger partial charge < -0.3 is 25.4 Å². The highest BCUT2D eigenvalue weighted by molar-refractivity contribution is 5.89. The SMILES string of the molecule is COC(=O)CNC(=O)C(F)(F)C(NC(=O)CNC(=O)OCC1c2ccccc2-c2ccccc21)c1ccccc1. The predicted molar refractivity (Wildman–Crippen MR) is 140 cm³/mol. The molecule has 0 saturated carbocycles. The van der Waals surface area contributed by atoms with Crippen molar-refractivity contribution in [2.45, 2.75) is 17.9 Å². The van der Waals surface area contributed by atoms with Crippen LogP contribution in [-0.4, -0.2) is 56.6 Å². The van der Waals surface area contributed by atoms with Crippen molar-refractivity contribution in [1.82, 2.24) is 16.0 Å². The van der Waals surface area contributed by atoms with Crippen molar-refractivity contribution in [3.05, 3.63) is 95.6 Å². The molecule has 0 radical (unpaired) electrons. The lowest BCUT2D eigenvalue weighted by molar-refractivity contribution is -0.154. The third-order valence-electron chi connectivity index (χ3n) is 6.46. The molecule has 9 nitrogen and oxygen atoms in total. The molecule has 1 aliphatic carbocycles. The first-order valence-corrected chi connectivity index (χ1v) is 12.4. The van der Waals surface area contributed by atoms with Crippen LogP contribution in [0.4, 0.5) is 13.6 Å². The number of hydrogen-bond donors (Lipinski definition) is 3. The summed E-state index contributed by atoms with van der Waals surface area (Å²) in [6.07, 6.45) is -0.907. The number of rotatable bonds is 10. The molecule has 0 spiro atoms.